The molecule has 6 heteroatoms. The van der Waals surface area contributed by atoms with Crippen molar-refractivity contribution in [1.29, 1.82) is 0 Å². The van der Waals surface area contributed by atoms with E-state index in [1.807, 2.05) is 25.1 Å². The van der Waals surface area contributed by atoms with E-state index in [9.17, 15) is 4.79 Å². The third-order valence-corrected chi connectivity index (χ3v) is 8.50. The van der Waals surface area contributed by atoms with Crippen molar-refractivity contribution in [3.63, 3.8) is 0 Å². The number of carbonyl (C=O) groups excluding carboxylic acids is 1. The van der Waals surface area contributed by atoms with Gasteiger partial charge in [-0.3, -0.25) is 4.79 Å². The standard InChI is InChI=1S/C29H27Cl2N3O/c1-19-29(28(35)34(32-19)25-11-9-23(30)10-12-25)18-22-7-8-24(31)17-26(22)33-14-13-21(16-27(29)33)15-20-5-3-2-4-6-20/h2-12,17,21,27H,13-16,18H2,1H3/t21-,27-,29+/m0/s1. The Kier molecular flexibility index (Phi) is 5.62. The van der Waals surface area contributed by atoms with Gasteiger partial charge in [-0.1, -0.05) is 59.6 Å². The van der Waals surface area contributed by atoms with Crippen LogP contribution in [0.2, 0.25) is 10.0 Å². The maximum absolute atomic E-state index is 14.3. The van der Waals surface area contributed by atoms with E-state index in [1.165, 1.54) is 5.56 Å². The second kappa shape index (κ2) is 8.69. The monoisotopic (exact) mass is 503 g/mol. The van der Waals surface area contributed by atoms with E-state index in [-0.39, 0.29) is 11.9 Å². The van der Waals surface area contributed by atoms with Crippen molar-refractivity contribution in [3.05, 3.63) is 94.0 Å². The smallest absolute Gasteiger partial charge is 0.261 e. The molecule has 0 N–H and O–H groups in total. The Morgan fingerprint density at radius 1 is 1.00 bits per heavy atom. The van der Waals surface area contributed by atoms with Gasteiger partial charge in [0.2, 0.25) is 0 Å². The molecule has 1 amide bonds. The maximum Gasteiger partial charge on any atom is 0.261 e. The summed E-state index contributed by atoms with van der Waals surface area (Å²) in [5.41, 5.74) is 4.61. The molecule has 1 fully saturated rings. The van der Waals surface area contributed by atoms with E-state index in [2.05, 4.69) is 47.4 Å². The Balaban J connectivity index is 1.41. The van der Waals surface area contributed by atoms with Crippen molar-refractivity contribution in [3.8, 4) is 0 Å². The second-order valence-corrected chi connectivity index (χ2v) is 10.9. The molecule has 0 aliphatic carbocycles. The zero-order valence-corrected chi connectivity index (χ0v) is 21.1. The van der Waals surface area contributed by atoms with Crippen LogP contribution in [0.1, 0.15) is 30.9 Å². The van der Waals surface area contributed by atoms with E-state index in [4.69, 9.17) is 28.3 Å². The third kappa shape index (κ3) is 3.75. The number of benzene rings is 3. The molecule has 1 saturated heterocycles. The predicted molar refractivity (Wildman–Crippen MR) is 144 cm³/mol. The lowest BCUT2D eigenvalue weighted by Gasteiger charge is -2.52. The van der Waals surface area contributed by atoms with Crippen molar-refractivity contribution in [1.82, 2.24) is 0 Å². The number of amides is 1. The van der Waals surface area contributed by atoms with Crippen LogP contribution in [0.4, 0.5) is 11.4 Å². The summed E-state index contributed by atoms with van der Waals surface area (Å²) in [6.45, 7) is 2.92. The maximum atomic E-state index is 14.3. The summed E-state index contributed by atoms with van der Waals surface area (Å²) in [6.07, 6.45) is 3.68. The average Bonchev–Trinajstić information content (AvgIpc) is 3.11. The molecule has 0 bridgehead atoms. The molecule has 4 nitrogen and oxygen atoms in total. The third-order valence-electron chi connectivity index (χ3n) is 8.01. The fourth-order valence-corrected chi connectivity index (χ4v) is 6.56. The summed E-state index contributed by atoms with van der Waals surface area (Å²) in [7, 11) is 0. The molecule has 3 aromatic rings. The number of hydrogen-bond acceptors (Lipinski definition) is 3. The van der Waals surface area contributed by atoms with Crippen LogP contribution in [0.15, 0.2) is 77.9 Å². The Labute approximate surface area is 216 Å². The van der Waals surface area contributed by atoms with Gasteiger partial charge in [-0.05, 0) is 86.1 Å². The molecule has 0 saturated carbocycles. The molecule has 3 aromatic carbocycles. The van der Waals surface area contributed by atoms with Gasteiger partial charge in [0.25, 0.3) is 5.91 Å². The summed E-state index contributed by atoms with van der Waals surface area (Å²) in [5.74, 6) is 0.551. The molecule has 0 aromatic heterocycles. The normalized spacial score (nSPS) is 25.5. The number of piperidine rings is 1. The van der Waals surface area contributed by atoms with Crippen LogP contribution in [0.3, 0.4) is 0 Å². The van der Waals surface area contributed by atoms with Crippen molar-refractivity contribution in [2.24, 2.45) is 16.4 Å². The summed E-state index contributed by atoms with van der Waals surface area (Å²) in [6, 6.07) is 24.1. The van der Waals surface area contributed by atoms with Crippen LogP contribution in [0.5, 0.6) is 0 Å². The van der Waals surface area contributed by atoms with Gasteiger partial charge in [-0.15, -0.1) is 0 Å². The molecular formula is C29H27Cl2N3O. The molecule has 1 spiro atoms. The first-order valence-electron chi connectivity index (χ1n) is 12.2. The zero-order valence-electron chi connectivity index (χ0n) is 19.6. The highest BCUT2D eigenvalue weighted by Crippen LogP contribution is 2.51. The van der Waals surface area contributed by atoms with Crippen LogP contribution in [0.25, 0.3) is 0 Å². The molecule has 35 heavy (non-hydrogen) atoms. The van der Waals surface area contributed by atoms with Crippen LogP contribution in [-0.4, -0.2) is 24.2 Å². The first-order valence-corrected chi connectivity index (χ1v) is 13.0. The Hall–Kier alpha value is -2.82. The summed E-state index contributed by atoms with van der Waals surface area (Å²) in [5, 5.41) is 7.80. The lowest BCUT2D eigenvalue weighted by atomic mass is 9.64. The van der Waals surface area contributed by atoms with Gasteiger partial charge < -0.3 is 4.90 Å². The molecule has 6 rings (SSSR count). The van der Waals surface area contributed by atoms with Gasteiger partial charge in [-0.2, -0.15) is 10.1 Å². The minimum atomic E-state index is -0.699. The number of hydrogen-bond donors (Lipinski definition) is 0. The number of carbonyl (C=O) groups is 1. The molecule has 0 unspecified atom stereocenters. The predicted octanol–water partition coefficient (Wildman–Crippen LogP) is 6.79. The van der Waals surface area contributed by atoms with Gasteiger partial charge in [0.1, 0.15) is 5.41 Å². The second-order valence-electron chi connectivity index (χ2n) is 9.99. The minimum Gasteiger partial charge on any atom is -0.367 e. The molecule has 178 valence electrons. The van der Waals surface area contributed by atoms with Crippen LogP contribution >= 0.6 is 23.2 Å². The van der Waals surface area contributed by atoms with Gasteiger partial charge in [0, 0.05) is 28.3 Å². The number of hydrazone groups is 1. The fraction of sp³-hybridized carbons (Fsp3) is 0.310. The summed E-state index contributed by atoms with van der Waals surface area (Å²) in [4.78, 5) is 16.7. The lowest BCUT2D eigenvalue weighted by molar-refractivity contribution is -0.125. The Bertz CT molecular complexity index is 1310. The molecular weight excluding hydrogens is 477 g/mol. The van der Waals surface area contributed by atoms with Crippen LogP contribution < -0.4 is 9.91 Å². The van der Waals surface area contributed by atoms with E-state index in [1.54, 1.807) is 17.1 Å². The van der Waals surface area contributed by atoms with E-state index >= 15 is 0 Å². The first kappa shape index (κ1) is 22.6. The SMILES string of the molecule is CC1=NN(c2ccc(Cl)cc2)C(=O)[C@]12Cc1ccc(Cl)cc1N1CC[C@@H](Cc3ccccc3)C[C@H]12. The van der Waals surface area contributed by atoms with Gasteiger partial charge in [0.05, 0.1) is 11.4 Å². The highest BCUT2D eigenvalue weighted by Gasteiger charge is 2.59. The van der Waals surface area contributed by atoms with Crippen molar-refractivity contribution in [2.75, 3.05) is 16.5 Å². The summed E-state index contributed by atoms with van der Waals surface area (Å²) >= 11 is 12.5. The highest BCUT2D eigenvalue weighted by molar-refractivity contribution is 6.31. The quantitative estimate of drug-likeness (QED) is 0.394. The average molecular weight is 504 g/mol. The zero-order chi connectivity index (χ0) is 24.2. The molecule has 3 aliphatic heterocycles. The number of fused-ring (bicyclic) bond motifs is 4. The largest absolute Gasteiger partial charge is 0.367 e. The van der Waals surface area contributed by atoms with Crippen LogP contribution in [-0.2, 0) is 17.6 Å². The molecule has 3 aliphatic rings. The number of nitrogens with zero attached hydrogens (tertiary/aromatic N) is 3. The number of rotatable bonds is 3. The van der Waals surface area contributed by atoms with Gasteiger partial charge in [-0.25, -0.2) is 0 Å². The number of halogens is 2. The topological polar surface area (TPSA) is 35.9 Å². The first-order chi connectivity index (χ1) is 17.0. The van der Waals surface area contributed by atoms with Gasteiger partial charge in [0.15, 0.2) is 0 Å². The highest BCUT2D eigenvalue weighted by atomic mass is 35.5. The lowest BCUT2D eigenvalue weighted by Crippen LogP contribution is -2.62. The van der Waals surface area contributed by atoms with Crippen molar-refractivity contribution >= 4 is 46.2 Å². The van der Waals surface area contributed by atoms with Gasteiger partial charge >= 0.3 is 0 Å². The Morgan fingerprint density at radius 2 is 1.74 bits per heavy atom. The van der Waals surface area contributed by atoms with E-state index in [0.717, 1.165) is 53.5 Å². The van der Waals surface area contributed by atoms with E-state index in [0.29, 0.717) is 17.4 Å². The molecule has 0 radical (unpaired) electrons. The van der Waals surface area contributed by atoms with Crippen molar-refractivity contribution in [2.45, 2.75) is 38.6 Å². The molecule has 3 atom stereocenters. The van der Waals surface area contributed by atoms with E-state index < -0.39 is 5.41 Å². The Morgan fingerprint density at radius 3 is 2.51 bits per heavy atom. The van der Waals surface area contributed by atoms with Crippen molar-refractivity contribution < 1.29 is 4.79 Å². The minimum absolute atomic E-state index is 0.0319. The number of anilines is 2. The van der Waals surface area contributed by atoms with Crippen LogP contribution in [0, 0.1) is 11.3 Å². The summed E-state index contributed by atoms with van der Waals surface area (Å²) < 4.78 is 0. The molecule has 3 heterocycles. The fourth-order valence-electron chi connectivity index (χ4n) is 6.27.